The van der Waals surface area contributed by atoms with Crippen LogP contribution in [-0.2, 0) is 4.79 Å². The van der Waals surface area contributed by atoms with Gasteiger partial charge in [0, 0.05) is 24.5 Å². The largest absolute Gasteiger partial charge is 0.492 e. The summed E-state index contributed by atoms with van der Waals surface area (Å²) in [5, 5.41) is 0. The highest BCUT2D eigenvalue weighted by Gasteiger charge is 2.34. The number of nitrogens with zero attached hydrogens (tertiary/aromatic N) is 1. The highest BCUT2D eigenvalue weighted by molar-refractivity contribution is 6.18. The van der Waals surface area contributed by atoms with Gasteiger partial charge in [-0.25, -0.2) is 0 Å². The van der Waals surface area contributed by atoms with Crippen molar-refractivity contribution in [1.82, 2.24) is 4.90 Å². The Balaban J connectivity index is 1.69. The lowest BCUT2D eigenvalue weighted by Gasteiger charge is -2.32. The number of halogens is 1. The van der Waals surface area contributed by atoms with E-state index in [1.807, 2.05) is 29.2 Å². The fourth-order valence-corrected chi connectivity index (χ4v) is 3.20. The zero-order valence-corrected chi connectivity index (χ0v) is 11.6. The van der Waals surface area contributed by atoms with Gasteiger partial charge in [-0.05, 0) is 24.8 Å². The Morgan fingerprint density at radius 1 is 1.32 bits per heavy atom. The first-order valence-corrected chi connectivity index (χ1v) is 7.39. The molecular weight excluding hydrogens is 262 g/mol. The van der Waals surface area contributed by atoms with E-state index in [4.69, 9.17) is 16.3 Å². The molecule has 3 nitrogen and oxygen atoms in total. The second-order valence-corrected chi connectivity index (χ2v) is 5.63. The minimum atomic E-state index is -0.122. The summed E-state index contributed by atoms with van der Waals surface area (Å²) in [6, 6.07) is 7.84. The predicted molar refractivity (Wildman–Crippen MR) is 74.7 cm³/mol. The third-order valence-corrected chi connectivity index (χ3v) is 4.58. The second-order valence-electron chi connectivity index (χ2n) is 5.32. The lowest BCUT2D eigenvalue weighted by atomic mass is 9.95. The number of hydrogen-bond donors (Lipinski definition) is 0. The van der Waals surface area contributed by atoms with Gasteiger partial charge in [-0.3, -0.25) is 4.79 Å². The van der Waals surface area contributed by atoms with Crippen LogP contribution in [0.5, 0.6) is 5.75 Å². The number of ether oxygens (including phenoxy) is 1. The van der Waals surface area contributed by atoms with Crippen molar-refractivity contribution < 1.29 is 9.53 Å². The van der Waals surface area contributed by atoms with Gasteiger partial charge in [0.05, 0.1) is 0 Å². The Labute approximate surface area is 118 Å². The fraction of sp³-hybridized carbons (Fsp3) is 0.533. The maximum Gasteiger partial charge on any atom is 0.233 e. The number of fused-ring (bicyclic) bond motifs is 1. The first kappa shape index (κ1) is 12.8. The lowest BCUT2D eigenvalue weighted by Crippen LogP contribution is -2.41. The number of rotatable bonds is 2. The van der Waals surface area contributed by atoms with E-state index >= 15 is 0 Å². The number of alkyl halides is 1. The van der Waals surface area contributed by atoms with Gasteiger partial charge in [0.15, 0.2) is 0 Å². The molecular formula is C15H18ClNO2. The molecule has 1 aromatic carbocycles. The molecule has 19 heavy (non-hydrogen) atoms. The summed E-state index contributed by atoms with van der Waals surface area (Å²) >= 11 is 5.88. The van der Waals surface area contributed by atoms with Crippen molar-refractivity contribution >= 4 is 17.5 Å². The van der Waals surface area contributed by atoms with Crippen molar-refractivity contribution in [3.63, 3.8) is 0 Å². The van der Waals surface area contributed by atoms with Crippen molar-refractivity contribution in [1.29, 1.82) is 0 Å². The number of likely N-dealkylation sites (tertiary alicyclic amines) is 1. The van der Waals surface area contributed by atoms with Crippen LogP contribution in [0.3, 0.4) is 0 Å². The average molecular weight is 280 g/mol. The molecule has 1 saturated heterocycles. The van der Waals surface area contributed by atoms with E-state index in [1.165, 1.54) is 0 Å². The Kier molecular flexibility index (Phi) is 3.65. The molecule has 1 amide bonds. The number of benzene rings is 1. The molecule has 2 aliphatic rings. The Hall–Kier alpha value is -1.22. The van der Waals surface area contributed by atoms with Gasteiger partial charge >= 0.3 is 0 Å². The second kappa shape index (κ2) is 5.41. The van der Waals surface area contributed by atoms with Gasteiger partial charge in [0.25, 0.3) is 0 Å². The Bertz CT molecular complexity index is 469. The van der Waals surface area contributed by atoms with Crippen LogP contribution in [0.1, 0.15) is 24.3 Å². The normalized spacial score (nSPS) is 23.0. The molecule has 1 atom stereocenters. The van der Waals surface area contributed by atoms with Crippen molar-refractivity contribution in [3.05, 3.63) is 29.8 Å². The number of para-hydroxylation sites is 1. The molecule has 0 saturated carbocycles. The van der Waals surface area contributed by atoms with Crippen LogP contribution in [0, 0.1) is 5.92 Å². The Morgan fingerprint density at radius 2 is 2.05 bits per heavy atom. The summed E-state index contributed by atoms with van der Waals surface area (Å²) in [5.41, 5.74) is 1.03. The van der Waals surface area contributed by atoms with E-state index < -0.39 is 0 Å². The maximum atomic E-state index is 12.6. The molecule has 0 aromatic heterocycles. The zero-order valence-electron chi connectivity index (χ0n) is 10.8. The van der Waals surface area contributed by atoms with Gasteiger partial charge in [0.1, 0.15) is 18.3 Å². The van der Waals surface area contributed by atoms with Crippen molar-refractivity contribution in [2.75, 3.05) is 25.6 Å². The fourth-order valence-electron chi connectivity index (χ4n) is 2.90. The molecule has 1 aromatic rings. The molecule has 0 radical (unpaired) electrons. The molecule has 102 valence electrons. The Morgan fingerprint density at radius 3 is 2.79 bits per heavy atom. The number of piperidine rings is 1. The van der Waals surface area contributed by atoms with Gasteiger partial charge in [-0.15, -0.1) is 11.6 Å². The van der Waals surface area contributed by atoms with Crippen LogP contribution < -0.4 is 4.74 Å². The van der Waals surface area contributed by atoms with E-state index in [-0.39, 0.29) is 11.8 Å². The van der Waals surface area contributed by atoms with Crippen LogP contribution in [0.2, 0.25) is 0 Å². The van der Waals surface area contributed by atoms with Crippen LogP contribution in [-0.4, -0.2) is 36.4 Å². The molecule has 2 aliphatic heterocycles. The lowest BCUT2D eigenvalue weighted by molar-refractivity contribution is -0.134. The first-order valence-electron chi connectivity index (χ1n) is 6.86. The monoisotopic (exact) mass is 279 g/mol. The van der Waals surface area contributed by atoms with Gasteiger partial charge < -0.3 is 9.64 Å². The summed E-state index contributed by atoms with van der Waals surface area (Å²) in [7, 11) is 0. The smallest absolute Gasteiger partial charge is 0.233 e. The van der Waals surface area contributed by atoms with Gasteiger partial charge in [0.2, 0.25) is 5.91 Å². The van der Waals surface area contributed by atoms with Gasteiger partial charge in [-0.1, -0.05) is 18.2 Å². The number of carbonyl (C=O) groups excluding carboxylic acids is 1. The summed E-state index contributed by atoms with van der Waals surface area (Å²) < 4.78 is 5.60. The molecule has 0 N–H and O–H groups in total. The SMILES string of the molecule is O=C(C1COc2ccccc21)N1CCC(CCl)CC1. The van der Waals surface area contributed by atoms with Crippen LogP contribution in [0.4, 0.5) is 0 Å². The van der Waals surface area contributed by atoms with Crippen LogP contribution in [0.25, 0.3) is 0 Å². The molecule has 2 heterocycles. The van der Waals surface area contributed by atoms with E-state index in [2.05, 4.69) is 0 Å². The maximum absolute atomic E-state index is 12.6. The number of hydrogen-bond acceptors (Lipinski definition) is 2. The molecule has 0 aliphatic carbocycles. The molecule has 0 spiro atoms. The summed E-state index contributed by atoms with van der Waals surface area (Å²) in [4.78, 5) is 14.5. The molecule has 3 rings (SSSR count). The summed E-state index contributed by atoms with van der Waals surface area (Å²) in [6.45, 7) is 2.14. The standard InChI is InChI=1S/C15H18ClNO2/c16-9-11-5-7-17(8-6-11)15(18)13-10-19-14-4-2-1-3-12(13)14/h1-4,11,13H,5-10H2. The minimum Gasteiger partial charge on any atom is -0.492 e. The topological polar surface area (TPSA) is 29.5 Å². The van der Waals surface area contributed by atoms with E-state index in [0.717, 1.165) is 37.2 Å². The van der Waals surface area contributed by atoms with E-state index in [1.54, 1.807) is 0 Å². The van der Waals surface area contributed by atoms with Gasteiger partial charge in [-0.2, -0.15) is 0 Å². The van der Waals surface area contributed by atoms with Crippen LogP contribution >= 0.6 is 11.6 Å². The minimum absolute atomic E-state index is 0.122. The van der Waals surface area contributed by atoms with Crippen molar-refractivity contribution in [2.24, 2.45) is 5.92 Å². The van der Waals surface area contributed by atoms with E-state index in [0.29, 0.717) is 18.4 Å². The quantitative estimate of drug-likeness (QED) is 0.779. The summed E-state index contributed by atoms with van der Waals surface area (Å²) in [5.74, 6) is 2.22. The van der Waals surface area contributed by atoms with Crippen LogP contribution in [0.15, 0.2) is 24.3 Å². The van der Waals surface area contributed by atoms with Crippen molar-refractivity contribution in [3.8, 4) is 5.75 Å². The molecule has 1 unspecified atom stereocenters. The highest BCUT2D eigenvalue weighted by Crippen LogP contribution is 2.35. The van der Waals surface area contributed by atoms with Crippen molar-refractivity contribution in [2.45, 2.75) is 18.8 Å². The highest BCUT2D eigenvalue weighted by atomic mass is 35.5. The van der Waals surface area contributed by atoms with E-state index in [9.17, 15) is 4.79 Å². The molecule has 1 fully saturated rings. The third-order valence-electron chi connectivity index (χ3n) is 4.14. The first-order chi connectivity index (χ1) is 9.29. The molecule has 0 bridgehead atoms. The summed E-state index contributed by atoms with van der Waals surface area (Å²) in [6.07, 6.45) is 2.04. The zero-order chi connectivity index (χ0) is 13.2. The third kappa shape index (κ3) is 2.44. The molecule has 4 heteroatoms. The average Bonchev–Trinajstić information content (AvgIpc) is 2.90. The predicted octanol–water partition coefficient (Wildman–Crippen LogP) is 2.64. The number of amides is 1. The number of carbonyl (C=O) groups is 1.